The van der Waals surface area contributed by atoms with E-state index in [1.54, 1.807) is 0 Å². The lowest BCUT2D eigenvalue weighted by molar-refractivity contribution is -0.314. The lowest BCUT2D eigenvalue weighted by atomic mass is 9.51. The van der Waals surface area contributed by atoms with Crippen LogP contribution in [0, 0.1) is 40.4 Å². The summed E-state index contributed by atoms with van der Waals surface area (Å²) >= 11 is 0. The van der Waals surface area contributed by atoms with E-state index in [2.05, 4.69) is 39.8 Å². The van der Waals surface area contributed by atoms with E-state index in [4.69, 9.17) is 18.9 Å². The molecule has 0 spiro atoms. The quantitative estimate of drug-likeness (QED) is 0.218. The Bertz CT molecular complexity index is 1250. The molecule has 0 unspecified atom stereocenters. The summed E-state index contributed by atoms with van der Waals surface area (Å²) < 4.78 is 23.8. The second kappa shape index (κ2) is 11.1. The van der Waals surface area contributed by atoms with Crippen molar-refractivity contribution in [1.29, 1.82) is 0 Å². The van der Waals surface area contributed by atoms with Crippen LogP contribution in [0.25, 0.3) is 0 Å². The summed E-state index contributed by atoms with van der Waals surface area (Å²) in [5.41, 5.74) is 2.04. The monoisotopic (exact) mass is 632 g/mol. The maximum atomic E-state index is 13.4. The number of cyclic esters (lactones) is 1. The Hall–Kier alpha value is -1.37. The topological polar surface area (TPSA) is 158 Å². The molecule has 0 bridgehead atoms. The minimum absolute atomic E-state index is 0.0279. The first-order valence-electron chi connectivity index (χ1n) is 17.2. The van der Waals surface area contributed by atoms with Crippen LogP contribution in [0.1, 0.15) is 79.6 Å². The van der Waals surface area contributed by atoms with Gasteiger partial charge in [-0.05, 0) is 97.5 Å². The number of carbonyl (C=O) groups is 1. The molecule has 2 saturated carbocycles. The number of rotatable bonds is 6. The van der Waals surface area contributed by atoms with Gasteiger partial charge in [-0.15, -0.1) is 0 Å². The summed E-state index contributed by atoms with van der Waals surface area (Å²) in [7, 11) is 0. The number of esters is 1. The van der Waals surface area contributed by atoms with Crippen LogP contribution in [0.3, 0.4) is 0 Å². The number of fused-ring (bicyclic) bond motifs is 5. The highest BCUT2D eigenvalue weighted by molar-refractivity contribution is 5.77. The van der Waals surface area contributed by atoms with Crippen LogP contribution in [-0.2, 0) is 23.7 Å². The Kier molecular flexibility index (Phi) is 7.93. The molecule has 5 fully saturated rings. The van der Waals surface area contributed by atoms with E-state index in [1.807, 2.05) is 6.92 Å². The Morgan fingerprint density at radius 3 is 2.42 bits per heavy atom. The minimum Gasteiger partial charge on any atom is -0.456 e. The van der Waals surface area contributed by atoms with Crippen LogP contribution in [0.15, 0.2) is 23.3 Å². The number of allylic oxidation sites excluding steroid dienone is 4. The average molecular weight is 633 g/mol. The number of hydrogen-bond donors (Lipinski definition) is 5. The van der Waals surface area contributed by atoms with Crippen LogP contribution < -0.4 is 0 Å². The number of aliphatic hydroxyl groups excluding tert-OH is 5. The molecule has 5 N–H and O–H groups in total. The summed E-state index contributed by atoms with van der Waals surface area (Å²) in [6.45, 7) is 10.3. The van der Waals surface area contributed by atoms with Gasteiger partial charge in [0.05, 0.1) is 24.7 Å². The predicted octanol–water partition coefficient (Wildman–Crippen LogP) is 2.39. The highest BCUT2D eigenvalue weighted by atomic mass is 16.7. The van der Waals surface area contributed by atoms with E-state index in [1.165, 1.54) is 11.1 Å². The number of ether oxygens (including phenoxy) is 4. The molecule has 7 rings (SSSR count). The van der Waals surface area contributed by atoms with Gasteiger partial charge in [0.25, 0.3) is 0 Å². The van der Waals surface area contributed by atoms with E-state index in [-0.39, 0.29) is 40.8 Å². The SMILES string of the molecule is CC(C)[C@@]1([C@H]2OC(=O)[C@@H]([C@H]3CC[C@H]4C5=CC[C@H]6C[C@@H](O[C@@H]7O[C@H](CO)[C@@H](O)[C@H](O)[C@H]7O)CC[C@]6(C)C5=CC[C@]34C)[C@H]2O)O[C@H]1C. The smallest absolute Gasteiger partial charge is 0.312 e. The van der Waals surface area contributed by atoms with Crippen LogP contribution in [0.5, 0.6) is 0 Å². The van der Waals surface area contributed by atoms with Gasteiger partial charge in [-0.1, -0.05) is 39.8 Å². The van der Waals surface area contributed by atoms with Gasteiger partial charge in [0, 0.05) is 0 Å². The summed E-state index contributed by atoms with van der Waals surface area (Å²) in [6, 6.07) is 0. The summed E-state index contributed by atoms with van der Waals surface area (Å²) in [4.78, 5) is 13.4. The summed E-state index contributed by atoms with van der Waals surface area (Å²) in [6.07, 6.45) is 2.78. The zero-order valence-corrected chi connectivity index (χ0v) is 27.2. The summed E-state index contributed by atoms with van der Waals surface area (Å²) in [5.74, 6) is -0.0195. The minimum atomic E-state index is -1.45. The molecule has 3 saturated heterocycles. The molecule has 7 aliphatic rings. The van der Waals surface area contributed by atoms with E-state index < -0.39 is 61.0 Å². The molecule has 0 radical (unpaired) electrons. The molecule has 0 aromatic carbocycles. The third kappa shape index (κ3) is 4.60. The van der Waals surface area contributed by atoms with Crippen molar-refractivity contribution in [3.05, 3.63) is 23.3 Å². The molecular formula is C35H52O10. The van der Waals surface area contributed by atoms with E-state index >= 15 is 0 Å². The molecule has 3 aliphatic heterocycles. The second-order valence-corrected chi connectivity index (χ2v) is 15.9. The van der Waals surface area contributed by atoms with Gasteiger partial charge in [0.2, 0.25) is 0 Å². The fourth-order valence-corrected chi connectivity index (χ4v) is 10.8. The molecule has 16 atom stereocenters. The highest BCUT2D eigenvalue weighted by Gasteiger charge is 2.70. The molecule has 45 heavy (non-hydrogen) atoms. The van der Waals surface area contributed by atoms with Crippen molar-refractivity contribution in [1.82, 2.24) is 0 Å². The standard InChI is InChI=1S/C35H52O10/c1-16(2)35(17(3)45-35)30-27(38)25(31(41)44-30)23-9-8-21-20-7-6-18-14-19(10-12-33(18,4)22(20)11-13-34(21,23)5)42-32-29(40)28(39)26(37)24(15-36)43-32/h7,11,16-19,21,23-30,32,36-40H,6,8-10,12-15H2,1-5H3/t17-,18-,19-,21-,23+,24+,25-,26+,27+,28-,29+,30-,32+,33-,34-,35+/m0/s1. The molecule has 252 valence electrons. The fraction of sp³-hybridized carbons (Fsp3) is 0.857. The molecule has 0 aromatic heterocycles. The van der Waals surface area contributed by atoms with Crippen molar-refractivity contribution in [2.45, 2.75) is 140 Å². The van der Waals surface area contributed by atoms with Gasteiger partial charge in [-0.3, -0.25) is 4.79 Å². The van der Waals surface area contributed by atoms with Crippen molar-refractivity contribution >= 4 is 5.97 Å². The Labute approximate surface area is 265 Å². The Balaban J connectivity index is 1.06. The Morgan fingerprint density at radius 2 is 1.76 bits per heavy atom. The van der Waals surface area contributed by atoms with Gasteiger partial charge in [-0.25, -0.2) is 0 Å². The summed E-state index contributed by atoms with van der Waals surface area (Å²) in [5, 5.41) is 52.1. The van der Waals surface area contributed by atoms with Gasteiger partial charge in [0.1, 0.15) is 36.1 Å². The number of aliphatic hydroxyl groups is 5. The van der Waals surface area contributed by atoms with E-state index in [0.717, 1.165) is 44.9 Å². The van der Waals surface area contributed by atoms with Crippen LogP contribution in [0.4, 0.5) is 0 Å². The maximum absolute atomic E-state index is 13.4. The van der Waals surface area contributed by atoms with Crippen molar-refractivity contribution in [3.63, 3.8) is 0 Å². The van der Waals surface area contributed by atoms with Gasteiger partial charge in [0.15, 0.2) is 12.4 Å². The third-order valence-corrected chi connectivity index (χ3v) is 13.6. The van der Waals surface area contributed by atoms with Crippen LogP contribution in [0.2, 0.25) is 0 Å². The first kappa shape index (κ1) is 32.2. The lowest BCUT2D eigenvalue weighted by Gasteiger charge is -2.54. The third-order valence-electron chi connectivity index (χ3n) is 13.6. The van der Waals surface area contributed by atoms with Crippen molar-refractivity contribution < 1.29 is 49.3 Å². The zero-order valence-electron chi connectivity index (χ0n) is 27.2. The van der Waals surface area contributed by atoms with Crippen LogP contribution >= 0.6 is 0 Å². The molecule has 0 amide bonds. The van der Waals surface area contributed by atoms with Gasteiger partial charge < -0.3 is 44.5 Å². The molecule has 3 heterocycles. The average Bonchev–Trinajstić information content (AvgIpc) is 3.44. The highest BCUT2D eigenvalue weighted by Crippen LogP contribution is 2.66. The number of epoxide rings is 1. The predicted molar refractivity (Wildman–Crippen MR) is 161 cm³/mol. The lowest BCUT2D eigenvalue weighted by Crippen LogP contribution is -2.60. The number of carbonyl (C=O) groups excluding carboxylic acids is 1. The van der Waals surface area contributed by atoms with Crippen LogP contribution in [-0.4, -0.2) is 98.8 Å². The normalized spacial score (nSPS) is 54.1. The van der Waals surface area contributed by atoms with Crippen molar-refractivity contribution in [2.75, 3.05) is 6.61 Å². The Morgan fingerprint density at radius 1 is 1.02 bits per heavy atom. The zero-order chi connectivity index (χ0) is 32.2. The molecule has 10 nitrogen and oxygen atoms in total. The maximum Gasteiger partial charge on any atom is 0.312 e. The molecule has 10 heteroatoms. The van der Waals surface area contributed by atoms with Crippen molar-refractivity contribution in [3.8, 4) is 0 Å². The largest absolute Gasteiger partial charge is 0.456 e. The van der Waals surface area contributed by atoms with Crippen molar-refractivity contribution in [2.24, 2.45) is 40.4 Å². The van der Waals surface area contributed by atoms with E-state index in [9.17, 15) is 30.3 Å². The molecule has 4 aliphatic carbocycles. The number of hydrogen-bond acceptors (Lipinski definition) is 10. The molecular weight excluding hydrogens is 580 g/mol. The first-order valence-corrected chi connectivity index (χ1v) is 17.2. The second-order valence-electron chi connectivity index (χ2n) is 15.9. The first-order chi connectivity index (χ1) is 21.3. The van der Waals surface area contributed by atoms with Gasteiger partial charge >= 0.3 is 5.97 Å². The van der Waals surface area contributed by atoms with Gasteiger partial charge in [-0.2, -0.15) is 0 Å². The fourth-order valence-electron chi connectivity index (χ4n) is 10.8. The van der Waals surface area contributed by atoms with E-state index in [0.29, 0.717) is 11.8 Å². The molecule has 0 aromatic rings.